The molecule has 0 bridgehead atoms. The van der Waals surface area contributed by atoms with Crippen molar-refractivity contribution in [2.75, 3.05) is 0 Å². The molecule has 14 heteroatoms. The molecule has 12 nitrogen and oxygen atoms in total. The van der Waals surface area contributed by atoms with Crippen LogP contribution in [0.15, 0.2) is 0 Å². The van der Waals surface area contributed by atoms with Gasteiger partial charge in [-0.15, -0.1) is 0 Å². The minimum absolute atomic E-state index is 0. The summed E-state index contributed by atoms with van der Waals surface area (Å²) < 4.78 is 8.88. The van der Waals surface area contributed by atoms with Crippen molar-refractivity contribution in [2.24, 2.45) is 0 Å². The largest absolute Gasteiger partial charge is 0.466 e. The van der Waals surface area contributed by atoms with Crippen LogP contribution in [0, 0.1) is 0 Å². The molecule has 0 aliphatic carbocycles. The Morgan fingerprint density at radius 2 is 0.571 bits per heavy atom. The Morgan fingerprint density at radius 1 is 0.571 bits per heavy atom. The summed E-state index contributed by atoms with van der Waals surface area (Å²) >= 11 is 0. The Labute approximate surface area is 88.7 Å². The van der Waals surface area contributed by atoms with Crippen LogP contribution in [0.1, 0.15) is 0 Å². The van der Waals surface area contributed by atoms with Crippen molar-refractivity contribution in [1.82, 2.24) is 0 Å². The van der Waals surface area contributed by atoms with Crippen LogP contribution in [-0.2, 0) is 21.6 Å². The molecule has 0 radical (unpaired) electrons. The van der Waals surface area contributed by atoms with Crippen LogP contribution in [0.4, 0.5) is 0 Å². The molecular weight excluding hydrogens is 279 g/mol. The smallest absolute Gasteiger partial charge is 0.412 e. The van der Waals surface area contributed by atoms with Gasteiger partial charge in [-0.3, -0.25) is 0 Å². The molecule has 0 spiro atoms. The third-order valence-electron chi connectivity index (χ3n) is 0. The van der Waals surface area contributed by atoms with Crippen molar-refractivity contribution >= 4 is 7.82 Å². The summed E-state index contributed by atoms with van der Waals surface area (Å²) in [7, 11) is -4.64. The van der Waals surface area contributed by atoms with Crippen molar-refractivity contribution in [3.05, 3.63) is 0 Å². The van der Waals surface area contributed by atoms with E-state index in [0.717, 1.165) is 0 Å². The Bertz CT molecular complexity index is 56.5. The molecule has 0 heterocycles. The van der Waals surface area contributed by atoms with Gasteiger partial charge in [0.25, 0.3) is 0 Å². The summed E-state index contributed by atoms with van der Waals surface area (Å²) in [5.41, 5.74) is 0. The normalized spacial score (nSPS) is 4.21. The first kappa shape index (κ1) is 136. The van der Waals surface area contributed by atoms with Gasteiger partial charge >= 0.3 is 7.82 Å². The van der Waals surface area contributed by atoms with Gasteiger partial charge < -0.3 is 58.5 Å². The second-order valence-electron chi connectivity index (χ2n) is 0.513. The van der Waals surface area contributed by atoms with E-state index in [9.17, 15) is 0 Å². The van der Waals surface area contributed by atoms with Gasteiger partial charge in [-0.2, -0.15) is 0 Å². The van der Waals surface area contributed by atoms with Crippen molar-refractivity contribution in [3.63, 3.8) is 0 Å². The maximum atomic E-state index is 8.88. The first-order valence-electron chi connectivity index (χ1n) is 0.783. The number of phosphoric acid groups is 1. The molecule has 0 aliphatic heterocycles. The first-order valence-corrected chi connectivity index (χ1v) is 2.35. The Balaban J connectivity index is -0.00000000222. The molecule has 0 unspecified atom stereocenters. The van der Waals surface area contributed by atoms with Gasteiger partial charge in [0.1, 0.15) is 0 Å². The van der Waals surface area contributed by atoms with Gasteiger partial charge in [0.05, 0.1) is 0 Å². The number of hydrogen-bond acceptors (Lipinski definition) is 1. The van der Waals surface area contributed by atoms with Gasteiger partial charge in [0.15, 0.2) is 0 Å². The van der Waals surface area contributed by atoms with Crippen molar-refractivity contribution in [3.8, 4) is 0 Å². The average molecular weight is 298 g/mol. The zero-order valence-corrected chi connectivity index (χ0v) is 8.55. The molecule has 0 aromatic carbocycles. The molecule has 0 rings (SSSR count). The van der Waals surface area contributed by atoms with E-state index >= 15 is 0 Å². The van der Waals surface area contributed by atoms with Crippen LogP contribution < -0.4 is 0 Å². The molecule has 0 amide bonds. The predicted molar refractivity (Wildman–Crippen MR) is 43.2 cm³/mol. The molecule has 0 aromatic heterocycles. The van der Waals surface area contributed by atoms with Crippen LogP contribution in [0.5, 0.6) is 0 Å². The summed E-state index contributed by atoms with van der Waals surface area (Å²) in [6.45, 7) is 0. The van der Waals surface area contributed by atoms with Gasteiger partial charge in [-0.25, -0.2) is 4.57 Å². The first-order chi connectivity index (χ1) is 2.00. The summed E-state index contributed by atoms with van der Waals surface area (Å²) in [4.78, 5) is 21.6. The van der Waals surface area contributed by atoms with Gasteiger partial charge in [0.2, 0.25) is 0 Å². The van der Waals surface area contributed by atoms with E-state index < -0.39 is 7.82 Å². The van der Waals surface area contributed by atoms with E-state index in [4.69, 9.17) is 19.2 Å². The second-order valence-corrected chi connectivity index (χ2v) is 1.54. The van der Waals surface area contributed by atoms with E-state index in [-0.39, 0.29) is 60.9 Å². The second kappa shape index (κ2) is 50.7. The predicted octanol–water partition coefficient (Wildman–Crippen LogP) is -7.53. The maximum absolute atomic E-state index is 8.88. The fraction of sp³-hybridized carbons (Fsp3) is 0. The van der Waals surface area contributed by atoms with Crippen LogP contribution in [0.2, 0.25) is 0 Å². The fourth-order valence-corrected chi connectivity index (χ4v) is 0. The molecule has 19 N–H and O–H groups in total. The molecule has 104 valence electrons. The minimum atomic E-state index is -4.64. The molecular formula is H19FeO12P. The molecule has 0 saturated carbocycles. The van der Waals surface area contributed by atoms with E-state index in [1.54, 1.807) is 0 Å². The third-order valence-corrected chi connectivity index (χ3v) is 0. The molecule has 0 saturated heterocycles. The summed E-state index contributed by atoms with van der Waals surface area (Å²) in [5, 5.41) is 0. The zero-order chi connectivity index (χ0) is 4.50. The van der Waals surface area contributed by atoms with E-state index in [1.807, 2.05) is 0 Å². The van der Waals surface area contributed by atoms with Crippen molar-refractivity contribution in [1.29, 1.82) is 0 Å². The molecule has 0 atom stereocenters. The Kier molecular flexibility index (Phi) is 494. The van der Waals surface area contributed by atoms with Crippen LogP contribution in [0.25, 0.3) is 0 Å². The SMILES string of the molecule is O.O.O.O.O.O.O.O.O=P(O)(O)O.[Fe]. The van der Waals surface area contributed by atoms with Crippen LogP contribution in [0.3, 0.4) is 0 Å². The van der Waals surface area contributed by atoms with Crippen LogP contribution >= 0.6 is 7.82 Å². The number of rotatable bonds is 0. The maximum Gasteiger partial charge on any atom is 0.466 e. The number of hydrogen-bond donors (Lipinski definition) is 3. The summed E-state index contributed by atoms with van der Waals surface area (Å²) in [6, 6.07) is 0. The van der Waals surface area contributed by atoms with Gasteiger partial charge in [-0.1, -0.05) is 0 Å². The van der Waals surface area contributed by atoms with Gasteiger partial charge in [0, 0.05) is 17.1 Å². The zero-order valence-electron chi connectivity index (χ0n) is 6.55. The Morgan fingerprint density at radius 3 is 0.571 bits per heavy atom. The van der Waals surface area contributed by atoms with Crippen LogP contribution in [-0.4, -0.2) is 58.5 Å². The monoisotopic (exact) mass is 298 g/mol. The van der Waals surface area contributed by atoms with E-state index in [0.29, 0.717) is 0 Å². The molecule has 14 heavy (non-hydrogen) atoms. The molecule has 0 aliphatic rings. The van der Waals surface area contributed by atoms with Crippen molar-refractivity contribution in [2.45, 2.75) is 0 Å². The minimum Gasteiger partial charge on any atom is -0.412 e. The molecule has 0 fully saturated rings. The third kappa shape index (κ3) is 16400. The fourth-order valence-electron chi connectivity index (χ4n) is 0. The van der Waals surface area contributed by atoms with Crippen molar-refractivity contribution < 1.29 is 80.1 Å². The standard InChI is InChI=1S/Fe.H3O4P.8H2O/c;1-5(2,3)4;;;;;;;;/h;(H3,1,2,3,4);8*1H2. The topological polar surface area (TPSA) is 330 Å². The summed E-state index contributed by atoms with van der Waals surface area (Å²) in [6.07, 6.45) is 0. The van der Waals surface area contributed by atoms with Gasteiger partial charge in [-0.05, 0) is 0 Å². The molecule has 0 aromatic rings. The Hall–Kier alpha value is 0.309. The van der Waals surface area contributed by atoms with E-state index in [1.165, 1.54) is 0 Å². The quantitative estimate of drug-likeness (QED) is 0.289. The average Bonchev–Trinajstić information content (AvgIpc) is 0.722. The summed E-state index contributed by atoms with van der Waals surface area (Å²) in [5.74, 6) is 0. The van der Waals surface area contributed by atoms with E-state index in [2.05, 4.69) is 0 Å².